The van der Waals surface area contributed by atoms with Gasteiger partial charge in [0.2, 0.25) is 0 Å². The first-order chi connectivity index (χ1) is 12.2. The van der Waals surface area contributed by atoms with E-state index in [1.54, 1.807) is 0 Å². The molecule has 3 aromatic carbocycles. The van der Waals surface area contributed by atoms with E-state index in [0.717, 1.165) is 34.4 Å². The van der Waals surface area contributed by atoms with Crippen LogP contribution in [0.15, 0.2) is 78.9 Å². The number of nitrogens with one attached hydrogen (secondary N) is 1. The molecular weight excluding hydrogens is 306 g/mol. The minimum absolute atomic E-state index is 0.0211. The van der Waals surface area contributed by atoms with Crippen LogP contribution in [0.5, 0.6) is 0 Å². The van der Waals surface area contributed by atoms with Crippen molar-refractivity contribution in [1.82, 2.24) is 0 Å². The number of carbonyl (C=O) groups excluding carboxylic acids is 1. The molecule has 0 radical (unpaired) electrons. The molecule has 0 atom stereocenters. The summed E-state index contributed by atoms with van der Waals surface area (Å²) >= 11 is 0. The zero-order valence-corrected chi connectivity index (χ0v) is 14.1. The molecule has 1 amide bonds. The van der Waals surface area contributed by atoms with Gasteiger partial charge in [0.15, 0.2) is 0 Å². The highest BCUT2D eigenvalue weighted by Crippen LogP contribution is 2.38. The van der Waals surface area contributed by atoms with Gasteiger partial charge in [-0.05, 0) is 36.1 Å². The number of anilines is 1. The highest BCUT2D eigenvalue weighted by atomic mass is 16.2. The summed E-state index contributed by atoms with van der Waals surface area (Å²) < 4.78 is 0. The molecule has 1 N–H and O–H groups in total. The molecule has 0 saturated carbocycles. The first kappa shape index (κ1) is 15.4. The SMILES string of the molecule is Cc1ccc(C/C(=C2\C(=O)Nc3ccccc32)c2ccccc2)cc1. The lowest BCUT2D eigenvalue weighted by Gasteiger charge is -2.12. The fourth-order valence-electron chi connectivity index (χ4n) is 3.30. The van der Waals surface area contributed by atoms with Crippen molar-refractivity contribution in [2.75, 3.05) is 5.32 Å². The van der Waals surface area contributed by atoms with Crippen LogP contribution < -0.4 is 5.32 Å². The number of hydrogen-bond donors (Lipinski definition) is 1. The van der Waals surface area contributed by atoms with Crippen molar-refractivity contribution in [2.45, 2.75) is 13.3 Å². The van der Waals surface area contributed by atoms with E-state index in [0.29, 0.717) is 0 Å². The second-order valence-corrected chi connectivity index (χ2v) is 6.38. The van der Waals surface area contributed by atoms with Crippen LogP contribution in [0.2, 0.25) is 0 Å². The van der Waals surface area contributed by atoms with Gasteiger partial charge in [-0.25, -0.2) is 0 Å². The highest BCUT2D eigenvalue weighted by Gasteiger charge is 2.27. The summed E-state index contributed by atoms with van der Waals surface area (Å²) in [5, 5.41) is 3.00. The predicted molar refractivity (Wildman–Crippen MR) is 103 cm³/mol. The predicted octanol–water partition coefficient (Wildman–Crippen LogP) is 5.10. The minimum Gasteiger partial charge on any atom is -0.321 e. The van der Waals surface area contributed by atoms with Gasteiger partial charge >= 0.3 is 0 Å². The molecule has 0 aromatic heterocycles. The Kier molecular flexibility index (Phi) is 3.95. The second kappa shape index (κ2) is 6.40. The van der Waals surface area contributed by atoms with E-state index in [9.17, 15) is 4.79 Å². The summed E-state index contributed by atoms with van der Waals surface area (Å²) in [7, 11) is 0. The van der Waals surface area contributed by atoms with E-state index in [1.807, 2.05) is 42.5 Å². The standard InChI is InChI=1S/C23H19NO/c1-16-11-13-17(14-12-16)15-20(18-7-3-2-4-8-18)22-19-9-5-6-10-21(19)24-23(22)25/h2-14H,15H2,1H3,(H,24,25)/b22-20+. The number of rotatable bonds is 3. The van der Waals surface area contributed by atoms with Gasteiger partial charge in [-0.15, -0.1) is 0 Å². The molecule has 122 valence electrons. The fraction of sp³-hybridized carbons (Fsp3) is 0.0870. The van der Waals surface area contributed by atoms with Crippen LogP contribution in [-0.2, 0) is 11.2 Å². The van der Waals surface area contributed by atoms with Crippen LogP contribution in [0.25, 0.3) is 11.1 Å². The molecule has 0 unspecified atom stereocenters. The van der Waals surface area contributed by atoms with Crippen molar-refractivity contribution < 1.29 is 4.79 Å². The van der Waals surface area contributed by atoms with Crippen LogP contribution in [-0.4, -0.2) is 5.91 Å². The molecule has 0 aliphatic carbocycles. The number of allylic oxidation sites excluding steroid dienone is 1. The van der Waals surface area contributed by atoms with Gasteiger partial charge < -0.3 is 5.32 Å². The van der Waals surface area contributed by atoms with Gasteiger partial charge in [-0.3, -0.25) is 4.79 Å². The molecule has 0 bridgehead atoms. The van der Waals surface area contributed by atoms with Crippen molar-refractivity contribution in [2.24, 2.45) is 0 Å². The van der Waals surface area contributed by atoms with E-state index in [2.05, 4.69) is 48.6 Å². The average molecular weight is 325 g/mol. The number of benzene rings is 3. The molecule has 0 saturated heterocycles. The molecular formula is C23H19NO. The first-order valence-electron chi connectivity index (χ1n) is 8.47. The summed E-state index contributed by atoms with van der Waals surface area (Å²) in [4.78, 5) is 12.7. The smallest absolute Gasteiger partial charge is 0.256 e. The lowest BCUT2D eigenvalue weighted by atomic mass is 9.90. The molecule has 1 aliphatic heterocycles. The van der Waals surface area contributed by atoms with E-state index < -0.39 is 0 Å². The molecule has 2 nitrogen and oxygen atoms in total. The molecule has 1 aliphatic rings. The molecule has 25 heavy (non-hydrogen) atoms. The summed E-state index contributed by atoms with van der Waals surface area (Å²) in [5.74, 6) is -0.0211. The third kappa shape index (κ3) is 2.99. The van der Waals surface area contributed by atoms with E-state index in [1.165, 1.54) is 11.1 Å². The number of fused-ring (bicyclic) bond motifs is 1. The van der Waals surface area contributed by atoms with Gasteiger partial charge in [-0.2, -0.15) is 0 Å². The normalized spacial score (nSPS) is 14.8. The van der Waals surface area contributed by atoms with Crippen LogP contribution in [0.1, 0.15) is 22.3 Å². The monoisotopic (exact) mass is 325 g/mol. The second-order valence-electron chi connectivity index (χ2n) is 6.38. The zero-order chi connectivity index (χ0) is 17.2. The van der Waals surface area contributed by atoms with Gasteiger partial charge in [-0.1, -0.05) is 78.4 Å². The van der Waals surface area contributed by atoms with E-state index >= 15 is 0 Å². The van der Waals surface area contributed by atoms with Crippen molar-refractivity contribution in [3.8, 4) is 0 Å². The Morgan fingerprint density at radius 1 is 0.840 bits per heavy atom. The van der Waals surface area contributed by atoms with E-state index in [4.69, 9.17) is 0 Å². The number of hydrogen-bond acceptors (Lipinski definition) is 1. The lowest BCUT2D eigenvalue weighted by molar-refractivity contribution is -0.110. The summed E-state index contributed by atoms with van der Waals surface area (Å²) in [5.41, 5.74) is 7.24. The average Bonchev–Trinajstić information content (AvgIpc) is 2.98. The summed E-state index contributed by atoms with van der Waals surface area (Å²) in [6.45, 7) is 2.08. The van der Waals surface area contributed by atoms with Gasteiger partial charge in [0.25, 0.3) is 5.91 Å². The Bertz CT molecular complexity index is 953. The fourth-order valence-corrected chi connectivity index (χ4v) is 3.30. The van der Waals surface area contributed by atoms with Crippen molar-refractivity contribution in [3.05, 3.63) is 101 Å². The number of carbonyl (C=O) groups is 1. The number of aryl methyl sites for hydroxylation is 1. The Hall–Kier alpha value is -3.13. The van der Waals surface area contributed by atoms with Crippen LogP contribution in [0.3, 0.4) is 0 Å². The quantitative estimate of drug-likeness (QED) is 0.667. The largest absolute Gasteiger partial charge is 0.321 e. The molecule has 3 aromatic rings. The zero-order valence-electron chi connectivity index (χ0n) is 14.1. The molecule has 2 heteroatoms. The summed E-state index contributed by atoms with van der Waals surface area (Å²) in [6, 6.07) is 26.6. The molecule has 0 spiro atoms. The maximum atomic E-state index is 12.7. The maximum absolute atomic E-state index is 12.7. The van der Waals surface area contributed by atoms with Crippen molar-refractivity contribution in [1.29, 1.82) is 0 Å². The Balaban J connectivity index is 1.89. The van der Waals surface area contributed by atoms with Crippen LogP contribution in [0, 0.1) is 6.92 Å². The van der Waals surface area contributed by atoms with Gasteiger partial charge in [0.05, 0.1) is 5.57 Å². The third-order valence-electron chi connectivity index (χ3n) is 4.60. The summed E-state index contributed by atoms with van der Waals surface area (Å²) in [6.07, 6.45) is 0.724. The topological polar surface area (TPSA) is 29.1 Å². The molecule has 1 heterocycles. The van der Waals surface area contributed by atoms with Crippen LogP contribution in [0.4, 0.5) is 5.69 Å². The minimum atomic E-state index is -0.0211. The van der Waals surface area contributed by atoms with E-state index in [-0.39, 0.29) is 5.91 Å². The third-order valence-corrected chi connectivity index (χ3v) is 4.60. The van der Waals surface area contributed by atoms with Crippen molar-refractivity contribution in [3.63, 3.8) is 0 Å². The lowest BCUT2D eigenvalue weighted by Crippen LogP contribution is -2.07. The molecule has 0 fully saturated rings. The maximum Gasteiger partial charge on any atom is 0.256 e. The molecule has 4 rings (SSSR count). The Morgan fingerprint density at radius 2 is 1.52 bits per heavy atom. The van der Waals surface area contributed by atoms with Crippen molar-refractivity contribution >= 4 is 22.7 Å². The number of para-hydroxylation sites is 1. The van der Waals surface area contributed by atoms with Crippen LogP contribution >= 0.6 is 0 Å². The highest BCUT2D eigenvalue weighted by molar-refractivity contribution is 6.36. The van der Waals surface area contributed by atoms with Gasteiger partial charge in [0.1, 0.15) is 0 Å². The first-order valence-corrected chi connectivity index (χ1v) is 8.47. The number of amides is 1. The Morgan fingerprint density at radius 3 is 2.28 bits per heavy atom. The van der Waals surface area contributed by atoms with Gasteiger partial charge in [0, 0.05) is 11.3 Å². The Labute approximate surface area is 147 Å².